The minimum Gasteiger partial charge on any atom is -0.488 e. The van der Waals surface area contributed by atoms with Crippen molar-refractivity contribution in [1.82, 2.24) is 15.0 Å². The van der Waals surface area contributed by atoms with E-state index in [1.54, 1.807) is 24.0 Å². The lowest BCUT2D eigenvalue weighted by atomic mass is 10.1. The molecule has 0 spiro atoms. The number of carbonyl (C=O) groups is 1. The number of carbonyl (C=O) groups excluding carboxylic acids is 1. The van der Waals surface area contributed by atoms with Crippen molar-refractivity contribution in [3.63, 3.8) is 0 Å². The highest BCUT2D eigenvalue weighted by Crippen LogP contribution is 2.24. The maximum Gasteiger partial charge on any atom is 0.276 e. The third-order valence-electron chi connectivity index (χ3n) is 6.13. The van der Waals surface area contributed by atoms with Crippen molar-refractivity contribution in [2.45, 2.75) is 33.9 Å². The van der Waals surface area contributed by atoms with Gasteiger partial charge in [0.25, 0.3) is 5.91 Å². The van der Waals surface area contributed by atoms with E-state index in [0.717, 1.165) is 16.9 Å². The van der Waals surface area contributed by atoms with Crippen LogP contribution in [0.2, 0.25) is 0 Å². The van der Waals surface area contributed by atoms with Crippen LogP contribution in [0.25, 0.3) is 0 Å². The van der Waals surface area contributed by atoms with E-state index in [0.29, 0.717) is 55.3 Å². The number of amides is 1. The van der Waals surface area contributed by atoms with Crippen LogP contribution in [0.15, 0.2) is 47.0 Å². The Bertz CT molecular complexity index is 1100. The van der Waals surface area contributed by atoms with Crippen LogP contribution >= 0.6 is 0 Å². The van der Waals surface area contributed by atoms with Gasteiger partial charge in [-0.2, -0.15) is 0 Å². The van der Waals surface area contributed by atoms with Crippen molar-refractivity contribution >= 4 is 5.91 Å². The van der Waals surface area contributed by atoms with E-state index < -0.39 is 0 Å². The summed E-state index contributed by atoms with van der Waals surface area (Å²) in [5.74, 6) is 1.01. The normalized spacial score (nSPS) is 14.6. The molecule has 1 fully saturated rings. The summed E-state index contributed by atoms with van der Waals surface area (Å²) < 4.78 is 25.3. The van der Waals surface area contributed by atoms with Gasteiger partial charge < -0.3 is 14.2 Å². The van der Waals surface area contributed by atoms with Gasteiger partial charge in [0.05, 0.1) is 5.56 Å². The summed E-state index contributed by atoms with van der Waals surface area (Å²) in [7, 11) is 0. The highest BCUT2D eigenvalue weighted by molar-refractivity contribution is 5.93. The summed E-state index contributed by atoms with van der Waals surface area (Å²) in [4.78, 5) is 17.1. The smallest absolute Gasteiger partial charge is 0.276 e. The summed E-state index contributed by atoms with van der Waals surface area (Å²) in [6, 6.07) is 12.7. The topological polar surface area (TPSA) is 58.8 Å². The maximum atomic E-state index is 13.9. The van der Waals surface area contributed by atoms with E-state index in [9.17, 15) is 9.18 Å². The van der Waals surface area contributed by atoms with Gasteiger partial charge in [0, 0.05) is 38.3 Å². The third kappa shape index (κ3) is 4.67. The predicted octanol–water partition coefficient (Wildman–Crippen LogP) is 4.28. The van der Waals surface area contributed by atoms with Gasteiger partial charge in [0.1, 0.15) is 23.9 Å². The van der Waals surface area contributed by atoms with E-state index in [-0.39, 0.29) is 18.3 Å². The summed E-state index contributed by atoms with van der Waals surface area (Å²) in [6.07, 6.45) is 0. The molecule has 2 heterocycles. The summed E-state index contributed by atoms with van der Waals surface area (Å²) >= 11 is 0. The number of hydrogen-bond donors (Lipinski definition) is 0. The van der Waals surface area contributed by atoms with Crippen LogP contribution in [0.1, 0.15) is 38.5 Å². The molecule has 7 heteroatoms. The number of hydrogen-bond acceptors (Lipinski definition) is 5. The number of piperazine rings is 1. The van der Waals surface area contributed by atoms with Gasteiger partial charge in [0.15, 0.2) is 5.69 Å². The van der Waals surface area contributed by atoms with E-state index >= 15 is 0 Å². The first-order valence-corrected chi connectivity index (χ1v) is 10.8. The van der Waals surface area contributed by atoms with Gasteiger partial charge in [-0.3, -0.25) is 9.69 Å². The molecule has 1 amide bonds. The molecular formula is C25H28FN3O3. The molecule has 0 bridgehead atoms. The molecule has 4 rings (SSSR count). The fourth-order valence-electron chi connectivity index (χ4n) is 3.89. The predicted molar refractivity (Wildman–Crippen MR) is 119 cm³/mol. The van der Waals surface area contributed by atoms with Crippen molar-refractivity contribution in [3.8, 4) is 5.75 Å². The highest BCUT2D eigenvalue weighted by atomic mass is 19.1. The van der Waals surface area contributed by atoms with Crippen LogP contribution in [0.4, 0.5) is 4.39 Å². The average Bonchev–Trinajstić information content (AvgIpc) is 3.16. The molecule has 1 aliphatic heterocycles. The molecular weight excluding hydrogens is 409 g/mol. The standard InChI is InChI=1S/C25H28FN3O3/c1-17-7-6-10-23(18(17)2)31-16-21-19(3)32-27-24(21)25(30)29-13-11-28(12-14-29)15-20-8-4-5-9-22(20)26/h4-10H,11-16H2,1-3H3. The zero-order valence-corrected chi connectivity index (χ0v) is 18.7. The molecule has 6 nitrogen and oxygen atoms in total. The van der Waals surface area contributed by atoms with E-state index in [2.05, 4.69) is 10.1 Å². The number of nitrogens with zero attached hydrogens (tertiary/aromatic N) is 3. The number of aromatic nitrogens is 1. The van der Waals surface area contributed by atoms with Crippen molar-refractivity contribution in [3.05, 3.63) is 82.0 Å². The van der Waals surface area contributed by atoms with Crippen molar-refractivity contribution in [2.75, 3.05) is 26.2 Å². The molecule has 3 aromatic rings. The van der Waals surface area contributed by atoms with Gasteiger partial charge in [-0.25, -0.2) is 4.39 Å². The summed E-state index contributed by atoms with van der Waals surface area (Å²) in [6.45, 7) is 9.04. The Labute approximate surface area is 187 Å². The van der Waals surface area contributed by atoms with Crippen LogP contribution < -0.4 is 4.74 Å². The number of halogens is 1. The molecule has 1 aromatic heterocycles. The molecule has 168 valence electrons. The van der Waals surface area contributed by atoms with Crippen LogP contribution in [0.5, 0.6) is 5.75 Å². The zero-order valence-electron chi connectivity index (χ0n) is 18.7. The Kier molecular flexibility index (Phi) is 6.55. The van der Waals surface area contributed by atoms with E-state index in [1.807, 2.05) is 38.1 Å². The second kappa shape index (κ2) is 9.53. The SMILES string of the molecule is Cc1cccc(OCc2c(C(=O)N3CCN(Cc4ccccc4F)CC3)noc2C)c1C. The number of benzene rings is 2. The van der Waals surface area contributed by atoms with Crippen molar-refractivity contribution in [1.29, 1.82) is 0 Å². The zero-order chi connectivity index (χ0) is 22.7. The molecule has 0 radical (unpaired) electrons. The minimum atomic E-state index is -0.197. The highest BCUT2D eigenvalue weighted by Gasteiger charge is 2.28. The Balaban J connectivity index is 1.39. The molecule has 1 aliphatic rings. The monoisotopic (exact) mass is 437 g/mol. The van der Waals surface area contributed by atoms with Gasteiger partial charge in [-0.1, -0.05) is 35.5 Å². The Morgan fingerprint density at radius 2 is 1.81 bits per heavy atom. The molecule has 2 aromatic carbocycles. The molecule has 32 heavy (non-hydrogen) atoms. The first-order chi connectivity index (χ1) is 15.4. The van der Waals surface area contributed by atoms with E-state index in [4.69, 9.17) is 9.26 Å². The first kappa shape index (κ1) is 22.0. The van der Waals surface area contributed by atoms with Gasteiger partial charge in [-0.15, -0.1) is 0 Å². The second-order valence-electron chi connectivity index (χ2n) is 8.21. The van der Waals surface area contributed by atoms with Crippen LogP contribution in [0.3, 0.4) is 0 Å². The molecule has 1 saturated heterocycles. The molecule has 0 saturated carbocycles. The number of ether oxygens (including phenoxy) is 1. The fraction of sp³-hybridized carbons (Fsp3) is 0.360. The van der Waals surface area contributed by atoms with Gasteiger partial charge in [0.2, 0.25) is 0 Å². The molecule has 0 atom stereocenters. The summed E-state index contributed by atoms with van der Waals surface area (Å²) in [5, 5.41) is 4.03. The van der Waals surface area contributed by atoms with Crippen LogP contribution in [-0.2, 0) is 13.2 Å². The maximum absolute atomic E-state index is 13.9. The van der Waals surface area contributed by atoms with Crippen LogP contribution in [-0.4, -0.2) is 47.0 Å². The lowest BCUT2D eigenvalue weighted by Crippen LogP contribution is -2.48. The Morgan fingerprint density at radius 1 is 1.06 bits per heavy atom. The Hall–Kier alpha value is -3.19. The average molecular weight is 438 g/mol. The van der Waals surface area contributed by atoms with Gasteiger partial charge in [-0.05, 0) is 44.0 Å². The van der Waals surface area contributed by atoms with E-state index in [1.165, 1.54) is 6.07 Å². The fourth-order valence-corrected chi connectivity index (χ4v) is 3.89. The molecule has 0 N–H and O–H groups in total. The first-order valence-electron chi connectivity index (χ1n) is 10.8. The molecule has 0 unspecified atom stereocenters. The molecule has 0 aliphatic carbocycles. The number of aryl methyl sites for hydroxylation is 2. The lowest BCUT2D eigenvalue weighted by molar-refractivity contribution is 0.0614. The second-order valence-corrected chi connectivity index (χ2v) is 8.21. The van der Waals surface area contributed by atoms with Crippen LogP contribution in [0, 0.1) is 26.6 Å². The minimum absolute atomic E-state index is 0.160. The third-order valence-corrected chi connectivity index (χ3v) is 6.13. The number of rotatable bonds is 6. The Morgan fingerprint density at radius 3 is 2.56 bits per heavy atom. The van der Waals surface area contributed by atoms with Gasteiger partial charge >= 0.3 is 0 Å². The van der Waals surface area contributed by atoms with Crippen molar-refractivity contribution < 1.29 is 18.4 Å². The quantitative estimate of drug-likeness (QED) is 0.576. The van der Waals surface area contributed by atoms with Crippen molar-refractivity contribution in [2.24, 2.45) is 0 Å². The summed E-state index contributed by atoms with van der Waals surface area (Å²) in [5.41, 5.74) is 3.86. The largest absolute Gasteiger partial charge is 0.488 e. The lowest BCUT2D eigenvalue weighted by Gasteiger charge is -2.34.